The van der Waals surface area contributed by atoms with Gasteiger partial charge in [0.2, 0.25) is 0 Å². The Kier molecular flexibility index (Phi) is 5.08. The molecule has 1 aliphatic heterocycles. The Bertz CT molecular complexity index is 306. The third-order valence-corrected chi connectivity index (χ3v) is 4.44. The first-order chi connectivity index (χ1) is 6.88. The molecule has 1 aromatic rings. The predicted molar refractivity (Wildman–Crippen MR) is 73.6 cm³/mol. The molecule has 2 heterocycles. The Morgan fingerprint density at radius 2 is 2.00 bits per heavy atom. The van der Waals surface area contributed by atoms with E-state index in [-0.39, 0.29) is 24.8 Å². The fourth-order valence-corrected chi connectivity index (χ4v) is 3.52. The number of piperidine rings is 1. The summed E-state index contributed by atoms with van der Waals surface area (Å²) in [5.74, 6) is 2.71. The van der Waals surface area contributed by atoms with E-state index in [0.29, 0.717) is 0 Å². The minimum absolute atomic E-state index is 0. The first kappa shape index (κ1) is 14.3. The van der Waals surface area contributed by atoms with Crippen LogP contribution in [-0.2, 0) is 6.54 Å². The van der Waals surface area contributed by atoms with Crippen molar-refractivity contribution in [3.8, 4) is 0 Å². The van der Waals surface area contributed by atoms with E-state index in [9.17, 15) is 0 Å². The van der Waals surface area contributed by atoms with Crippen molar-refractivity contribution < 1.29 is 0 Å². The molecule has 0 bridgehead atoms. The Labute approximate surface area is 113 Å². The summed E-state index contributed by atoms with van der Waals surface area (Å²) in [6, 6.07) is 2.23. The molecule has 5 heteroatoms. The van der Waals surface area contributed by atoms with Gasteiger partial charge in [-0.2, -0.15) is 11.3 Å². The van der Waals surface area contributed by atoms with Gasteiger partial charge in [0.05, 0.1) is 0 Å². The van der Waals surface area contributed by atoms with Gasteiger partial charge in [0, 0.05) is 19.6 Å². The minimum atomic E-state index is 0. The summed E-state index contributed by atoms with van der Waals surface area (Å²) >= 11 is 1.79. The zero-order valence-corrected chi connectivity index (χ0v) is 11.5. The molecule has 0 spiro atoms. The highest BCUT2D eigenvalue weighted by Gasteiger charge is 2.54. The van der Waals surface area contributed by atoms with Crippen LogP contribution in [0.25, 0.3) is 0 Å². The molecule has 0 amide bonds. The second-order valence-corrected chi connectivity index (χ2v) is 5.33. The van der Waals surface area contributed by atoms with Gasteiger partial charge in [0.1, 0.15) is 0 Å². The molecule has 1 aromatic heterocycles. The van der Waals surface area contributed by atoms with Crippen LogP contribution in [0.5, 0.6) is 0 Å². The molecular formula is C11H18Cl2N2S. The Morgan fingerprint density at radius 1 is 1.31 bits per heavy atom. The molecule has 92 valence electrons. The van der Waals surface area contributed by atoms with E-state index in [2.05, 4.69) is 21.7 Å². The molecule has 0 radical (unpaired) electrons. The van der Waals surface area contributed by atoms with Crippen molar-refractivity contribution in [1.29, 1.82) is 0 Å². The third-order valence-electron chi connectivity index (χ3n) is 3.71. The maximum atomic E-state index is 5.69. The van der Waals surface area contributed by atoms with Gasteiger partial charge in [-0.3, -0.25) is 4.90 Å². The van der Waals surface area contributed by atoms with Crippen molar-refractivity contribution in [3.05, 3.63) is 22.4 Å². The second kappa shape index (κ2) is 5.69. The summed E-state index contributed by atoms with van der Waals surface area (Å²) in [6.07, 6.45) is 0. The van der Waals surface area contributed by atoms with Gasteiger partial charge in [-0.1, -0.05) is 0 Å². The number of thiophene rings is 1. The van der Waals surface area contributed by atoms with Gasteiger partial charge >= 0.3 is 0 Å². The average Bonchev–Trinajstić information content (AvgIpc) is 2.63. The number of rotatable bonds is 3. The van der Waals surface area contributed by atoms with Crippen LogP contribution >= 0.6 is 36.2 Å². The topological polar surface area (TPSA) is 29.3 Å². The minimum Gasteiger partial charge on any atom is -0.330 e. The van der Waals surface area contributed by atoms with Crippen molar-refractivity contribution in [2.45, 2.75) is 6.54 Å². The normalized spacial score (nSPS) is 31.4. The third kappa shape index (κ3) is 2.54. The van der Waals surface area contributed by atoms with Crippen LogP contribution in [0, 0.1) is 17.8 Å². The zero-order valence-electron chi connectivity index (χ0n) is 9.04. The van der Waals surface area contributed by atoms with Gasteiger partial charge in [-0.05, 0) is 46.7 Å². The van der Waals surface area contributed by atoms with Crippen LogP contribution in [0.15, 0.2) is 16.8 Å². The molecule has 0 aromatic carbocycles. The van der Waals surface area contributed by atoms with E-state index in [0.717, 1.165) is 30.8 Å². The lowest BCUT2D eigenvalue weighted by molar-refractivity contribution is 0.279. The largest absolute Gasteiger partial charge is 0.330 e. The summed E-state index contributed by atoms with van der Waals surface area (Å²) < 4.78 is 0. The van der Waals surface area contributed by atoms with E-state index in [1.165, 1.54) is 18.7 Å². The average molecular weight is 281 g/mol. The fraction of sp³-hybridized carbons (Fsp3) is 0.636. The quantitative estimate of drug-likeness (QED) is 0.920. The van der Waals surface area contributed by atoms with Crippen molar-refractivity contribution in [3.63, 3.8) is 0 Å². The van der Waals surface area contributed by atoms with E-state index in [4.69, 9.17) is 5.73 Å². The van der Waals surface area contributed by atoms with Gasteiger partial charge < -0.3 is 5.73 Å². The first-order valence-corrected chi connectivity index (χ1v) is 6.26. The van der Waals surface area contributed by atoms with Crippen LogP contribution in [0.2, 0.25) is 0 Å². The lowest BCUT2D eigenvalue weighted by Gasteiger charge is -2.18. The van der Waals surface area contributed by atoms with Crippen LogP contribution in [-0.4, -0.2) is 24.5 Å². The molecule has 2 nitrogen and oxygen atoms in total. The summed E-state index contributed by atoms with van der Waals surface area (Å²) in [7, 11) is 0. The molecule has 2 fully saturated rings. The smallest absolute Gasteiger partial charge is 0.0242 e. The SMILES string of the molecule is Cl.Cl.NCC1[C@H]2CN(Cc3ccsc3)C[C@@H]12. The molecular weight excluding hydrogens is 263 g/mol. The Balaban J connectivity index is 0.000000640. The van der Waals surface area contributed by atoms with Gasteiger partial charge in [-0.15, -0.1) is 24.8 Å². The lowest BCUT2D eigenvalue weighted by Crippen LogP contribution is -2.25. The molecule has 1 saturated carbocycles. The maximum absolute atomic E-state index is 5.69. The van der Waals surface area contributed by atoms with Gasteiger partial charge in [-0.25, -0.2) is 0 Å². The van der Waals surface area contributed by atoms with E-state index in [1.807, 2.05) is 0 Å². The van der Waals surface area contributed by atoms with E-state index < -0.39 is 0 Å². The van der Waals surface area contributed by atoms with Crippen LogP contribution in [0.1, 0.15) is 5.56 Å². The molecule has 2 N–H and O–H groups in total. The number of nitrogens with zero attached hydrogens (tertiary/aromatic N) is 1. The lowest BCUT2D eigenvalue weighted by atomic mass is 10.2. The summed E-state index contributed by atoms with van der Waals surface area (Å²) in [4.78, 5) is 2.57. The molecule has 1 unspecified atom stereocenters. The summed E-state index contributed by atoms with van der Waals surface area (Å²) in [5, 5.41) is 4.42. The number of likely N-dealkylation sites (tertiary alicyclic amines) is 1. The van der Waals surface area contributed by atoms with Gasteiger partial charge in [0.25, 0.3) is 0 Å². The molecule has 16 heavy (non-hydrogen) atoms. The summed E-state index contributed by atoms with van der Waals surface area (Å²) in [5.41, 5.74) is 7.16. The monoisotopic (exact) mass is 280 g/mol. The highest BCUT2D eigenvalue weighted by molar-refractivity contribution is 7.07. The van der Waals surface area contributed by atoms with Crippen molar-refractivity contribution in [1.82, 2.24) is 4.90 Å². The Morgan fingerprint density at radius 3 is 2.50 bits per heavy atom. The summed E-state index contributed by atoms with van der Waals surface area (Å²) in [6.45, 7) is 4.61. The highest BCUT2D eigenvalue weighted by atomic mass is 35.5. The van der Waals surface area contributed by atoms with E-state index >= 15 is 0 Å². The molecule has 1 aliphatic carbocycles. The Hall–Kier alpha value is 0.200. The molecule has 3 rings (SSSR count). The number of nitrogens with two attached hydrogens (primary N) is 1. The van der Waals surface area contributed by atoms with Crippen LogP contribution in [0.3, 0.4) is 0 Å². The number of hydrogen-bond acceptors (Lipinski definition) is 3. The first-order valence-electron chi connectivity index (χ1n) is 5.32. The van der Waals surface area contributed by atoms with Crippen molar-refractivity contribution in [2.24, 2.45) is 23.5 Å². The zero-order chi connectivity index (χ0) is 9.54. The van der Waals surface area contributed by atoms with Crippen LogP contribution < -0.4 is 5.73 Å². The predicted octanol–water partition coefficient (Wildman–Crippen LogP) is 2.23. The number of hydrogen-bond donors (Lipinski definition) is 1. The van der Waals surface area contributed by atoms with Crippen molar-refractivity contribution in [2.75, 3.05) is 19.6 Å². The molecule has 1 saturated heterocycles. The van der Waals surface area contributed by atoms with Gasteiger partial charge in [0.15, 0.2) is 0 Å². The number of halogens is 2. The highest BCUT2D eigenvalue weighted by Crippen LogP contribution is 2.51. The van der Waals surface area contributed by atoms with Crippen molar-refractivity contribution >= 4 is 36.2 Å². The van der Waals surface area contributed by atoms with E-state index in [1.54, 1.807) is 11.3 Å². The molecule has 2 aliphatic rings. The molecule has 3 atom stereocenters. The van der Waals surface area contributed by atoms with Crippen LogP contribution in [0.4, 0.5) is 0 Å². The fourth-order valence-electron chi connectivity index (χ4n) is 2.86. The number of fused-ring (bicyclic) bond motifs is 1. The standard InChI is InChI=1S/C11H16N2S.2ClH/c12-3-9-10-5-13(6-11(9)10)4-8-1-2-14-7-8;;/h1-2,7,9-11H,3-6,12H2;2*1H/t9?,10-,11+;;. The maximum Gasteiger partial charge on any atom is 0.0242 e. The second-order valence-electron chi connectivity index (χ2n) is 4.55.